The van der Waals surface area contributed by atoms with Crippen molar-refractivity contribution in [1.29, 1.82) is 0 Å². The Bertz CT molecular complexity index is 1770. The second-order valence-corrected chi connectivity index (χ2v) is 10.7. The highest BCUT2D eigenvalue weighted by Crippen LogP contribution is 2.58. The van der Waals surface area contributed by atoms with E-state index in [0.717, 1.165) is 13.8 Å². The van der Waals surface area contributed by atoms with Crippen LogP contribution in [-0.2, 0) is 61.3 Å². The van der Waals surface area contributed by atoms with Gasteiger partial charge in [0.05, 0.1) is 11.1 Å². The summed E-state index contributed by atoms with van der Waals surface area (Å²) in [7, 11) is 0. The molecule has 0 aliphatic carbocycles. The van der Waals surface area contributed by atoms with E-state index in [2.05, 4.69) is 9.47 Å². The standard InChI is InChI=1S/C33H28O15/c1-16(34)43-14-45-29(38)7-4-18-10-23-27(12-25(18)36)47-28-13-26(37)19(5-8-30(39)46-15-44-17(2)35)11-24(28)33(23)22-6-3-20(31(40)41)9-21(22)32(42)48-33/h3,6,9-13,36-37H,4-5,7-8,14-15H2,1-2H3,(H,40,41). The third kappa shape index (κ3) is 6.56. The van der Waals surface area contributed by atoms with Gasteiger partial charge in [-0.3, -0.25) is 19.2 Å². The van der Waals surface area contributed by atoms with Crippen LogP contribution in [-0.4, -0.2) is 64.7 Å². The van der Waals surface area contributed by atoms with E-state index in [1.807, 2.05) is 0 Å². The summed E-state index contributed by atoms with van der Waals surface area (Å²) in [5.41, 5.74) is -0.904. The predicted molar refractivity (Wildman–Crippen MR) is 157 cm³/mol. The van der Waals surface area contributed by atoms with Crippen molar-refractivity contribution in [2.24, 2.45) is 0 Å². The number of phenolic OH excluding ortho intramolecular Hbond substituents is 2. The van der Waals surface area contributed by atoms with E-state index in [9.17, 15) is 44.1 Å². The molecule has 5 rings (SSSR count). The Morgan fingerprint density at radius 1 is 0.708 bits per heavy atom. The molecule has 0 bridgehead atoms. The van der Waals surface area contributed by atoms with Crippen molar-refractivity contribution in [3.05, 3.63) is 81.4 Å². The van der Waals surface area contributed by atoms with Gasteiger partial charge in [0, 0.05) is 55.5 Å². The molecule has 3 aromatic carbocycles. The normalized spacial score (nSPS) is 13.2. The summed E-state index contributed by atoms with van der Waals surface area (Å²) in [5.74, 6) is -5.37. The van der Waals surface area contributed by atoms with Crippen LogP contribution in [0.1, 0.15) is 75.2 Å². The number of aromatic hydroxyl groups is 2. The van der Waals surface area contributed by atoms with E-state index in [4.69, 9.17) is 18.9 Å². The highest BCUT2D eigenvalue weighted by Gasteiger charge is 2.54. The fraction of sp³-hybridized carbons (Fsp3) is 0.273. The summed E-state index contributed by atoms with van der Waals surface area (Å²) < 4.78 is 31.1. The first-order chi connectivity index (χ1) is 22.8. The van der Waals surface area contributed by atoms with Crippen LogP contribution in [0.15, 0.2) is 42.5 Å². The molecule has 0 radical (unpaired) electrons. The molecule has 2 aliphatic heterocycles. The lowest BCUT2D eigenvalue weighted by molar-refractivity contribution is -0.167. The van der Waals surface area contributed by atoms with Crippen molar-refractivity contribution in [1.82, 2.24) is 0 Å². The second-order valence-electron chi connectivity index (χ2n) is 10.7. The van der Waals surface area contributed by atoms with Gasteiger partial charge >= 0.3 is 35.8 Å². The van der Waals surface area contributed by atoms with Crippen molar-refractivity contribution < 1.29 is 72.5 Å². The number of carbonyl (C=O) groups excluding carboxylic acids is 5. The maximum Gasteiger partial charge on any atom is 0.340 e. The third-order valence-corrected chi connectivity index (χ3v) is 7.61. The summed E-state index contributed by atoms with van der Waals surface area (Å²) in [4.78, 5) is 71.6. The van der Waals surface area contributed by atoms with Crippen LogP contribution in [0.2, 0.25) is 0 Å². The van der Waals surface area contributed by atoms with Crippen molar-refractivity contribution in [2.45, 2.75) is 45.1 Å². The summed E-state index contributed by atoms with van der Waals surface area (Å²) >= 11 is 0. The maximum absolute atomic E-state index is 13.4. The molecule has 250 valence electrons. The van der Waals surface area contributed by atoms with Gasteiger partial charge in [0.15, 0.2) is 5.60 Å². The van der Waals surface area contributed by atoms with E-state index < -0.39 is 55.0 Å². The van der Waals surface area contributed by atoms with Crippen molar-refractivity contribution in [2.75, 3.05) is 13.6 Å². The largest absolute Gasteiger partial charge is 0.508 e. The van der Waals surface area contributed by atoms with Gasteiger partial charge in [-0.05, 0) is 48.2 Å². The molecule has 2 heterocycles. The molecule has 3 N–H and O–H groups in total. The molecule has 0 saturated carbocycles. The van der Waals surface area contributed by atoms with Gasteiger partial charge in [0.25, 0.3) is 0 Å². The number of ether oxygens (including phenoxy) is 6. The Balaban J connectivity index is 1.56. The predicted octanol–water partition coefficient (Wildman–Crippen LogP) is 3.36. The quantitative estimate of drug-likeness (QED) is 0.152. The number of rotatable bonds is 11. The molecule has 0 fully saturated rings. The van der Waals surface area contributed by atoms with E-state index >= 15 is 0 Å². The van der Waals surface area contributed by atoms with Crippen LogP contribution in [0.4, 0.5) is 0 Å². The van der Waals surface area contributed by atoms with Crippen molar-refractivity contribution >= 4 is 35.8 Å². The molecule has 2 aliphatic rings. The zero-order valence-electron chi connectivity index (χ0n) is 25.5. The molecule has 0 unspecified atom stereocenters. The Kier molecular flexibility index (Phi) is 9.22. The number of phenols is 2. The molecule has 1 spiro atoms. The number of aromatic carboxylic acids is 1. The first-order valence-electron chi connectivity index (χ1n) is 14.4. The molecular weight excluding hydrogens is 636 g/mol. The zero-order chi connectivity index (χ0) is 34.7. The van der Waals surface area contributed by atoms with E-state index in [1.54, 1.807) is 0 Å². The monoisotopic (exact) mass is 664 g/mol. The summed E-state index contributed by atoms with van der Waals surface area (Å²) in [6.45, 7) is 1.14. The summed E-state index contributed by atoms with van der Waals surface area (Å²) in [6, 6.07) is 9.33. The average Bonchev–Trinajstić information content (AvgIpc) is 3.31. The minimum absolute atomic E-state index is 0.0327. The molecule has 0 atom stereocenters. The van der Waals surface area contributed by atoms with Crippen LogP contribution in [0.5, 0.6) is 23.0 Å². The molecular formula is C33H28O15. The second kappa shape index (κ2) is 13.3. The van der Waals surface area contributed by atoms with Crippen molar-refractivity contribution in [3.8, 4) is 23.0 Å². The Morgan fingerprint density at radius 2 is 1.21 bits per heavy atom. The number of benzene rings is 3. The fourth-order valence-electron chi connectivity index (χ4n) is 5.39. The van der Waals surface area contributed by atoms with Gasteiger partial charge in [0.1, 0.15) is 23.0 Å². The molecule has 0 amide bonds. The van der Waals surface area contributed by atoms with E-state index in [-0.39, 0.29) is 87.6 Å². The number of hydrogen-bond donors (Lipinski definition) is 3. The fourth-order valence-corrected chi connectivity index (χ4v) is 5.39. The first-order valence-corrected chi connectivity index (χ1v) is 14.4. The average molecular weight is 665 g/mol. The molecule has 48 heavy (non-hydrogen) atoms. The molecule has 0 saturated heterocycles. The Morgan fingerprint density at radius 3 is 1.67 bits per heavy atom. The lowest BCUT2D eigenvalue weighted by Crippen LogP contribution is -2.33. The zero-order valence-corrected chi connectivity index (χ0v) is 25.5. The van der Waals surface area contributed by atoms with Gasteiger partial charge in [-0.25, -0.2) is 9.59 Å². The topological polar surface area (TPSA) is 218 Å². The minimum atomic E-state index is -1.79. The van der Waals surface area contributed by atoms with Crippen LogP contribution < -0.4 is 4.74 Å². The van der Waals surface area contributed by atoms with Crippen LogP contribution in [0, 0.1) is 0 Å². The number of esters is 5. The number of carbonyl (C=O) groups is 6. The van der Waals surface area contributed by atoms with Crippen molar-refractivity contribution in [3.63, 3.8) is 0 Å². The van der Waals surface area contributed by atoms with E-state index in [0.29, 0.717) is 0 Å². The van der Waals surface area contributed by atoms with Gasteiger partial charge in [-0.15, -0.1) is 0 Å². The molecule has 3 aromatic rings. The van der Waals surface area contributed by atoms with E-state index in [1.165, 1.54) is 42.5 Å². The third-order valence-electron chi connectivity index (χ3n) is 7.61. The lowest BCUT2D eigenvalue weighted by Gasteiger charge is -2.37. The van der Waals surface area contributed by atoms with Crippen LogP contribution in [0.3, 0.4) is 0 Å². The number of fused-ring (bicyclic) bond motifs is 6. The van der Waals surface area contributed by atoms with Gasteiger partial charge < -0.3 is 43.7 Å². The molecule has 0 aromatic heterocycles. The number of aryl methyl sites for hydroxylation is 2. The summed E-state index contributed by atoms with van der Waals surface area (Å²) in [5, 5.41) is 31.3. The SMILES string of the molecule is CC(=O)OCOC(=O)CCc1cc2c(cc1O)Oc1cc(O)c(CCC(=O)OCOC(C)=O)cc1C21OC(=O)c2cc(C(=O)O)ccc21. The molecule has 15 heteroatoms. The smallest absolute Gasteiger partial charge is 0.340 e. The van der Waals surface area contributed by atoms with Gasteiger partial charge in [-0.1, -0.05) is 6.07 Å². The van der Waals surface area contributed by atoms with Crippen LogP contribution >= 0.6 is 0 Å². The number of carboxylic acid groups (broad SMARTS) is 1. The molecule has 15 nitrogen and oxygen atoms in total. The lowest BCUT2D eigenvalue weighted by atomic mass is 9.76. The summed E-state index contributed by atoms with van der Waals surface area (Å²) in [6.07, 6.45) is -0.587. The minimum Gasteiger partial charge on any atom is -0.508 e. The maximum atomic E-state index is 13.4. The van der Waals surface area contributed by atoms with Gasteiger partial charge in [0.2, 0.25) is 13.6 Å². The highest BCUT2D eigenvalue weighted by molar-refractivity contribution is 6.00. The van der Waals surface area contributed by atoms with Gasteiger partial charge in [-0.2, -0.15) is 0 Å². The highest BCUT2D eigenvalue weighted by atomic mass is 16.7. The number of carboxylic acids is 1. The Hall–Kier alpha value is -6.12. The first kappa shape index (κ1) is 33.2. The Labute approximate surface area is 271 Å². The number of hydrogen-bond acceptors (Lipinski definition) is 14. The van der Waals surface area contributed by atoms with Crippen LogP contribution in [0.25, 0.3) is 0 Å².